The van der Waals surface area contributed by atoms with Crippen molar-refractivity contribution in [3.63, 3.8) is 0 Å². The van der Waals surface area contributed by atoms with E-state index in [1.54, 1.807) is 30.3 Å². The van der Waals surface area contributed by atoms with Gasteiger partial charge in [-0.05, 0) is 107 Å². The summed E-state index contributed by atoms with van der Waals surface area (Å²) in [6, 6.07) is 8.43. The largest absolute Gasteiger partial charge is 0.465 e. The summed E-state index contributed by atoms with van der Waals surface area (Å²) in [4.78, 5) is 12.3. The molecule has 1 aromatic rings. The van der Waals surface area contributed by atoms with E-state index in [-0.39, 0.29) is 59.1 Å². The van der Waals surface area contributed by atoms with Gasteiger partial charge in [0.15, 0.2) is 9.84 Å². The highest BCUT2D eigenvalue weighted by atomic mass is 32.2. The minimum Gasteiger partial charge on any atom is -0.465 e. The van der Waals surface area contributed by atoms with E-state index in [4.69, 9.17) is 18.4 Å². The molecule has 2 fully saturated rings. The number of rotatable bonds is 21. The number of hydrogen-bond acceptors (Lipinski definition) is 10. The predicted octanol–water partition coefficient (Wildman–Crippen LogP) is 7.46. The SMILES string of the molecule is C=C1C[C@H](CCCOC(=O)C(C)(C)C)OC1CC[C@H](C[C@@H](C)C(=C)C(O)C[C@@H]1OC(C[C@H](C)CC)[C@H](C)[C@H]1CS(=O)(=O)c1ccccc1)OS(C)(=O)=O. The third-order valence-corrected chi connectivity index (χ3v) is 13.4. The van der Waals surface area contributed by atoms with Gasteiger partial charge in [-0.2, -0.15) is 8.42 Å². The first-order chi connectivity index (χ1) is 24.6. The molecule has 0 aromatic heterocycles. The fourth-order valence-electron chi connectivity index (χ4n) is 7.33. The van der Waals surface area contributed by atoms with Crippen molar-refractivity contribution in [2.75, 3.05) is 18.6 Å². The number of aliphatic hydroxyl groups is 1. The van der Waals surface area contributed by atoms with Crippen molar-refractivity contribution in [3.05, 3.63) is 54.6 Å². The van der Waals surface area contributed by atoms with Crippen LogP contribution in [0.5, 0.6) is 0 Å². The molecule has 0 saturated carbocycles. The van der Waals surface area contributed by atoms with Gasteiger partial charge in [0.25, 0.3) is 10.1 Å². The second-order valence-electron chi connectivity index (χ2n) is 16.7. The number of ether oxygens (including phenoxy) is 3. The molecule has 1 aromatic carbocycles. The van der Waals surface area contributed by atoms with Gasteiger partial charge in [-0.1, -0.05) is 65.5 Å². The van der Waals surface area contributed by atoms with E-state index in [2.05, 4.69) is 27.0 Å². The smallest absolute Gasteiger partial charge is 0.311 e. The Bertz CT molecular complexity index is 1570. The minimum absolute atomic E-state index is 0.0314. The fourth-order valence-corrected chi connectivity index (χ4v) is 9.79. The van der Waals surface area contributed by atoms with Crippen LogP contribution in [0.4, 0.5) is 0 Å². The molecule has 0 bridgehead atoms. The van der Waals surface area contributed by atoms with Crippen molar-refractivity contribution >= 4 is 25.9 Å². The summed E-state index contributed by atoms with van der Waals surface area (Å²) in [6.45, 7) is 22.4. The Morgan fingerprint density at radius 2 is 1.70 bits per heavy atom. The van der Waals surface area contributed by atoms with Gasteiger partial charge >= 0.3 is 5.97 Å². The summed E-state index contributed by atoms with van der Waals surface area (Å²) in [6.07, 6.45) is 3.66. The lowest BCUT2D eigenvalue weighted by Gasteiger charge is -2.28. The van der Waals surface area contributed by atoms with Gasteiger partial charge in [-0.3, -0.25) is 8.98 Å². The molecule has 1 N–H and O–H groups in total. The summed E-state index contributed by atoms with van der Waals surface area (Å²) in [5.74, 6) is -0.583. The van der Waals surface area contributed by atoms with E-state index in [0.717, 1.165) is 24.7 Å². The van der Waals surface area contributed by atoms with Crippen LogP contribution in [-0.4, -0.2) is 83.2 Å². The molecule has 2 aliphatic rings. The minimum atomic E-state index is -3.78. The highest BCUT2D eigenvalue weighted by Gasteiger charge is 2.45. The highest BCUT2D eigenvalue weighted by Crippen LogP contribution is 2.41. The zero-order chi connectivity index (χ0) is 39.7. The third kappa shape index (κ3) is 14.2. The van der Waals surface area contributed by atoms with E-state index in [1.165, 1.54) is 0 Å². The average Bonchev–Trinajstić information content (AvgIpc) is 3.57. The van der Waals surface area contributed by atoms with E-state index in [9.17, 15) is 26.7 Å². The Hall–Kier alpha value is -2.09. The van der Waals surface area contributed by atoms with Crippen LogP contribution in [0.25, 0.3) is 0 Å². The monoisotopic (exact) mass is 782 g/mol. The molecular formula is C41H66O10S2. The van der Waals surface area contributed by atoms with Crippen LogP contribution in [0.3, 0.4) is 0 Å². The van der Waals surface area contributed by atoms with Crippen molar-refractivity contribution in [2.45, 2.75) is 148 Å². The van der Waals surface area contributed by atoms with Gasteiger partial charge in [0, 0.05) is 12.3 Å². The predicted molar refractivity (Wildman–Crippen MR) is 208 cm³/mol. The Labute approximate surface area is 320 Å². The van der Waals surface area contributed by atoms with Crippen LogP contribution in [0, 0.1) is 29.1 Å². The van der Waals surface area contributed by atoms with Crippen molar-refractivity contribution in [3.8, 4) is 0 Å². The molecule has 0 amide bonds. The summed E-state index contributed by atoms with van der Waals surface area (Å²) >= 11 is 0. The number of sulfone groups is 1. The number of carbonyl (C=O) groups excluding carboxylic acids is 1. The van der Waals surface area contributed by atoms with Gasteiger partial charge in [0.1, 0.15) is 0 Å². The molecule has 3 rings (SSSR count). The van der Waals surface area contributed by atoms with E-state index >= 15 is 0 Å². The first-order valence-corrected chi connectivity index (χ1v) is 22.8. The van der Waals surface area contributed by atoms with Crippen LogP contribution in [-0.2, 0) is 43.1 Å². The molecule has 10 atom stereocenters. The molecule has 3 unspecified atom stereocenters. The zero-order valence-corrected chi connectivity index (χ0v) is 34.9. The normalized spacial score (nSPS) is 26.2. The fraction of sp³-hybridized carbons (Fsp3) is 0.732. The maximum absolute atomic E-state index is 13.5. The standard InChI is InChI=1S/C41H66O10S2/c1-11-27(2)22-38-31(6)35(26-53(46,47)34-17-13-12-14-18-34)39(50-38)25-36(42)30(5)28(3)23-33(51-52(10,44)45)19-20-37-29(4)24-32(49-37)16-15-21-48-40(43)41(7,8)9/h12-14,17-18,27-28,31-33,35-39,42H,4-5,11,15-16,19-26H2,1-3,6-10H3/t27-,28-,31-,32+,33-,35-,36?,37?,38?,39+/m1/s1. The third-order valence-electron chi connectivity index (χ3n) is 10.9. The van der Waals surface area contributed by atoms with Crippen molar-refractivity contribution in [2.24, 2.45) is 29.1 Å². The van der Waals surface area contributed by atoms with Gasteiger partial charge in [-0.15, -0.1) is 0 Å². The maximum Gasteiger partial charge on any atom is 0.311 e. The van der Waals surface area contributed by atoms with Crippen LogP contribution in [0.2, 0.25) is 0 Å². The number of benzene rings is 1. The van der Waals surface area contributed by atoms with Gasteiger partial charge in [0.05, 0.1) is 65.5 Å². The Morgan fingerprint density at radius 3 is 2.30 bits per heavy atom. The maximum atomic E-state index is 13.5. The summed E-state index contributed by atoms with van der Waals surface area (Å²) in [7, 11) is -7.38. The Morgan fingerprint density at radius 1 is 1.04 bits per heavy atom. The molecule has 0 spiro atoms. The molecule has 302 valence electrons. The molecule has 2 heterocycles. The van der Waals surface area contributed by atoms with Gasteiger partial charge in [-0.25, -0.2) is 8.42 Å². The van der Waals surface area contributed by atoms with Gasteiger partial charge in [0.2, 0.25) is 0 Å². The molecule has 0 aliphatic carbocycles. The molecule has 2 aliphatic heterocycles. The van der Waals surface area contributed by atoms with Crippen LogP contribution >= 0.6 is 0 Å². The van der Waals surface area contributed by atoms with Crippen LogP contribution in [0.1, 0.15) is 106 Å². The molecule has 2 saturated heterocycles. The second-order valence-corrected chi connectivity index (χ2v) is 20.3. The molecule has 53 heavy (non-hydrogen) atoms. The number of aliphatic hydroxyl groups excluding tert-OH is 1. The van der Waals surface area contributed by atoms with Crippen molar-refractivity contribution < 1.29 is 45.1 Å². The summed E-state index contributed by atoms with van der Waals surface area (Å²) in [5.41, 5.74) is 0.910. The lowest BCUT2D eigenvalue weighted by molar-refractivity contribution is -0.153. The second kappa shape index (κ2) is 19.7. The zero-order valence-electron chi connectivity index (χ0n) is 33.3. The van der Waals surface area contributed by atoms with Crippen LogP contribution < -0.4 is 0 Å². The average molecular weight is 783 g/mol. The quantitative estimate of drug-likeness (QED) is 0.0578. The molecule has 10 nitrogen and oxygen atoms in total. The Kier molecular flexibility index (Phi) is 16.8. The number of esters is 1. The molecular weight excluding hydrogens is 717 g/mol. The molecule has 12 heteroatoms. The topological polar surface area (TPSA) is 142 Å². The van der Waals surface area contributed by atoms with E-state index < -0.39 is 43.7 Å². The van der Waals surface area contributed by atoms with Crippen LogP contribution in [0.15, 0.2) is 59.5 Å². The lowest BCUT2D eigenvalue weighted by atomic mass is 9.83. The summed E-state index contributed by atoms with van der Waals surface area (Å²) in [5, 5.41) is 11.5. The highest BCUT2D eigenvalue weighted by molar-refractivity contribution is 7.91. The number of carbonyl (C=O) groups is 1. The first-order valence-electron chi connectivity index (χ1n) is 19.3. The molecule has 0 radical (unpaired) electrons. The number of hydrogen-bond donors (Lipinski definition) is 1. The van der Waals surface area contributed by atoms with E-state index in [0.29, 0.717) is 56.6 Å². The Balaban J connectivity index is 1.62. The van der Waals surface area contributed by atoms with Crippen molar-refractivity contribution in [1.29, 1.82) is 0 Å². The summed E-state index contributed by atoms with van der Waals surface area (Å²) < 4.78 is 75.3. The van der Waals surface area contributed by atoms with E-state index in [1.807, 2.05) is 34.6 Å². The first kappa shape index (κ1) is 45.3. The van der Waals surface area contributed by atoms with Crippen molar-refractivity contribution in [1.82, 2.24) is 0 Å². The van der Waals surface area contributed by atoms with Gasteiger partial charge < -0.3 is 19.3 Å². The lowest BCUT2D eigenvalue weighted by Crippen LogP contribution is -2.32.